The van der Waals surface area contributed by atoms with Crippen molar-refractivity contribution in [3.8, 4) is 0 Å². The Labute approximate surface area is 123 Å². The number of anilines is 1. The van der Waals surface area contributed by atoms with Gasteiger partial charge < -0.3 is 5.32 Å². The second-order valence-electron chi connectivity index (χ2n) is 5.03. The van der Waals surface area contributed by atoms with Gasteiger partial charge in [-0.3, -0.25) is 9.48 Å². The van der Waals surface area contributed by atoms with Crippen molar-refractivity contribution < 1.29 is 4.79 Å². The third-order valence-electron chi connectivity index (χ3n) is 3.28. The molecule has 5 heteroatoms. The van der Waals surface area contributed by atoms with Gasteiger partial charge in [0.2, 0.25) is 5.91 Å². The van der Waals surface area contributed by atoms with Gasteiger partial charge in [-0.05, 0) is 44.9 Å². The molecule has 0 saturated carbocycles. The van der Waals surface area contributed by atoms with Crippen molar-refractivity contribution in [3.05, 3.63) is 46.2 Å². The van der Waals surface area contributed by atoms with Gasteiger partial charge >= 0.3 is 0 Å². The molecular formula is C15H18ClN3O. The van der Waals surface area contributed by atoms with Crippen molar-refractivity contribution in [1.29, 1.82) is 0 Å². The summed E-state index contributed by atoms with van der Waals surface area (Å²) in [6.07, 6.45) is 1.67. The highest BCUT2D eigenvalue weighted by atomic mass is 35.5. The number of rotatable bonds is 3. The fourth-order valence-electron chi connectivity index (χ4n) is 1.89. The maximum atomic E-state index is 12.3. The van der Waals surface area contributed by atoms with Crippen LogP contribution in [0.2, 0.25) is 5.02 Å². The maximum Gasteiger partial charge on any atom is 0.248 e. The van der Waals surface area contributed by atoms with E-state index < -0.39 is 6.04 Å². The molecule has 1 unspecified atom stereocenters. The summed E-state index contributed by atoms with van der Waals surface area (Å²) in [7, 11) is 0. The molecule has 4 nitrogen and oxygen atoms in total. The smallest absolute Gasteiger partial charge is 0.248 e. The third kappa shape index (κ3) is 3.02. The van der Waals surface area contributed by atoms with E-state index in [9.17, 15) is 4.79 Å². The highest BCUT2D eigenvalue weighted by Gasteiger charge is 2.17. The Morgan fingerprint density at radius 2 is 2.05 bits per heavy atom. The van der Waals surface area contributed by atoms with Gasteiger partial charge in [-0.25, -0.2) is 0 Å². The molecule has 1 amide bonds. The van der Waals surface area contributed by atoms with Crippen molar-refractivity contribution in [2.75, 3.05) is 5.32 Å². The van der Waals surface area contributed by atoms with Gasteiger partial charge in [0, 0.05) is 11.9 Å². The van der Waals surface area contributed by atoms with Crippen molar-refractivity contribution in [1.82, 2.24) is 9.78 Å². The lowest BCUT2D eigenvalue weighted by Gasteiger charge is -2.14. The summed E-state index contributed by atoms with van der Waals surface area (Å²) in [6.45, 7) is 7.57. The van der Waals surface area contributed by atoms with E-state index in [1.807, 2.05) is 39.0 Å². The Bertz CT molecular complexity index is 629. The van der Waals surface area contributed by atoms with Gasteiger partial charge in [0.25, 0.3) is 0 Å². The van der Waals surface area contributed by atoms with E-state index in [1.165, 1.54) is 0 Å². The van der Waals surface area contributed by atoms with Crippen molar-refractivity contribution in [2.45, 2.75) is 33.7 Å². The van der Waals surface area contributed by atoms with Gasteiger partial charge in [0.05, 0.1) is 10.7 Å². The molecule has 1 atom stereocenters. The summed E-state index contributed by atoms with van der Waals surface area (Å²) in [6, 6.07) is 5.55. The van der Waals surface area contributed by atoms with E-state index in [-0.39, 0.29) is 5.91 Å². The Balaban J connectivity index is 2.17. The minimum absolute atomic E-state index is 0.113. The van der Waals surface area contributed by atoms with Crippen LogP contribution in [0.1, 0.15) is 29.8 Å². The predicted octanol–water partition coefficient (Wildman–Crippen LogP) is 3.66. The fourth-order valence-corrected chi connectivity index (χ4v) is 2.02. The van der Waals surface area contributed by atoms with E-state index in [4.69, 9.17) is 11.6 Å². The lowest BCUT2D eigenvalue weighted by molar-refractivity contribution is -0.119. The quantitative estimate of drug-likeness (QED) is 0.938. The number of halogens is 1. The molecular weight excluding hydrogens is 274 g/mol. The van der Waals surface area contributed by atoms with Gasteiger partial charge in [-0.1, -0.05) is 23.7 Å². The molecule has 0 saturated heterocycles. The Morgan fingerprint density at radius 3 is 2.65 bits per heavy atom. The SMILES string of the molecule is Cc1ccc(C)c(NC(=O)C(C)n2cc(Cl)c(C)n2)c1. The summed E-state index contributed by atoms with van der Waals surface area (Å²) in [5, 5.41) is 7.74. The molecule has 1 aromatic carbocycles. The number of hydrogen-bond donors (Lipinski definition) is 1. The Morgan fingerprint density at radius 1 is 1.35 bits per heavy atom. The average Bonchev–Trinajstić information content (AvgIpc) is 2.73. The van der Waals surface area contributed by atoms with E-state index >= 15 is 0 Å². The highest BCUT2D eigenvalue weighted by molar-refractivity contribution is 6.31. The van der Waals surface area contributed by atoms with E-state index in [2.05, 4.69) is 10.4 Å². The largest absolute Gasteiger partial charge is 0.324 e. The van der Waals surface area contributed by atoms with E-state index in [1.54, 1.807) is 17.8 Å². The van der Waals surface area contributed by atoms with Crippen LogP contribution in [-0.4, -0.2) is 15.7 Å². The summed E-state index contributed by atoms with van der Waals surface area (Å²) in [4.78, 5) is 12.3. The Hall–Kier alpha value is -1.81. The number of nitrogens with zero attached hydrogens (tertiary/aromatic N) is 2. The second-order valence-corrected chi connectivity index (χ2v) is 5.43. The summed E-state index contributed by atoms with van der Waals surface area (Å²) < 4.78 is 1.58. The zero-order chi connectivity index (χ0) is 14.9. The second kappa shape index (κ2) is 5.67. The minimum atomic E-state index is -0.416. The number of nitrogens with one attached hydrogen (secondary N) is 1. The molecule has 106 valence electrons. The lowest BCUT2D eigenvalue weighted by Crippen LogP contribution is -2.24. The topological polar surface area (TPSA) is 46.9 Å². The van der Waals surface area contributed by atoms with Crippen LogP contribution >= 0.6 is 11.6 Å². The first kappa shape index (κ1) is 14.6. The first-order chi connectivity index (χ1) is 9.38. The monoisotopic (exact) mass is 291 g/mol. The number of carbonyl (C=O) groups excluding carboxylic acids is 1. The van der Waals surface area contributed by atoms with Gasteiger partial charge in [0.15, 0.2) is 0 Å². The molecule has 0 spiro atoms. The van der Waals surface area contributed by atoms with Crippen LogP contribution in [0.15, 0.2) is 24.4 Å². The number of amides is 1. The first-order valence-electron chi connectivity index (χ1n) is 6.48. The van der Waals surface area contributed by atoms with Crippen LogP contribution < -0.4 is 5.32 Å². The third-order valence-corrected chi connectivity index (χ3v) is 3.66. The zero-order valence-electron chi connectivity index (χ0n) is 12.1. The molecule has 0 aliphatic carbocycles. The molecule has 0 bridgehead atoms. The van der Waals surface area contributed by atoms with Gasteiger partial charge in [0.1, 0.15) is 6.04 Å². The minimum Gasteiger partial charge on any atom is -0.324 e. The molecule has 2 aromatic rings. The number of aromatic nitrogens is 2. The molecule has 1 heterocycles. The van der Waals surface area contributed by atoms with Crippen molar-refractivity contribution in [2.24, 2.45) is 0 Å². The summed E-state index contributed by atoms with van der Waals surface area (Å²) in [5.74, 6) is -0.113. The zero-order valence-corrected chi connectivity index (χ0v) is 12.8. The number of aryl methyl sites for hydroxylation is 3. The molecule has 2 rings (SSSR count). The molecule has 20 heavy (non-hydrogen) atoms. The molecule has 1 N–H and O–H groups in total. The van der Waals surface area contributed by atoms with Crippen LogP contribution in [0.25, 0.3) is 0 Å². The average molecular weight is 292 g/mol. The number of benzene rings is 1. The first-order valence-corrected chi connectivity index (χ1v) is 6.85. The van der Waals surface area contributed by atoms with Gasteiger partial charge in [-0.15, -0.1) is 0 Å². The predicted molar refractivity (Wildman–Crippen MR) is 81.2 cm³/mol. The summed E-state index contributed by atoms with van der Waals surface area (Å²) in [5.41, 5.74) is 3.69. The molecule has 0 fully saturated rings. The summed E-state index contributed by atoms with van der Waals surface area (Å²) >= 11 is 5.97. The van der Waals surface area contributed by atoms with E-state index in [0.717, 1.165) is 22.5 Å². The Kier molecular flexibility index (Phi) is 4.14. The van der Waals surface area contributed by atoms with Crippen LogP contribution in [0.5, 0.6) is 0 Å². The van der Waals surface area contributed by atoms with E-state index in [0.29, 0.717) is 5.02 Å². The van der Waals surface area contributed by atoms with Crippen LogP contribution in [0, 0.1) is 20.8 Å². The molecule has 1 aromatic heterocycles. The molecule has 0 aliphatic heterocycles. The van der Waals surface area contributed by atoms with Crippen molar-refractivity contribution in [3.63, 3.8) is 0 Å². The molecule has 0 radical (unpaired) electrons. The molecule has 0 aliphatic rings. The van der Waals surface area contributed by atoms with Crippen LogP contribution in [0.4, 0.5) is 5.69 Å². The van der Waals surface area contributed by atoms with Gasteiger partial charge in [-0.2, -0.15) is 5.10 Å². The standard InChI is InChI=1S/C15H18ClN3O/c1-9-5-6-10(2)14(7-9)17-15(20)12(4)19-8-13(16)11(3)18-19/h5-8,12H,1-4H3,(H,17,20). The maximum absolute atomic E-state index is 12.3. The number of hydrogen-bond acceptors (Lipinski definition) is 2. The number of carbonyl (C=O) groups is 1. The lowest BCUT2D eigenvalue weighted by atomic mass is 10.1. The highest BCUT2D eigenvalue weighted by Crippen LogP contribution is 2.20. The fraction of sp³-hybridized carbons (Fsp3) is 0.333. The van der Waals surface area contributed by atoms with Crippen molar-refractivity contribution >= 4 is 23.2 Å². The normalized spacial score (nSPS) is 12.2. The van der Waals surface area contributed by atoms with Crippen LogP contribution in [-0.2, 0) is 4.79 Å². The van der Waals surface area contributed by atoms with Crippen LogP contribution in [0.3, 0.4) is 0 Å².